The molecule has 0 spiro atoms. The van der Waals surface area contributed by atoms with Gasteiger partial charge in [0, 0.05) is 19.3 Å². The van der Waals surface area contributed by atoms with E-state index in [-0.39, 0.29) is 31.1 Å². The summed E-state index contributed by atoms with van der Waals surface area (Å²) in [7, 11) is 0. The Balaban J connectivity index is 4.33. The van der Waals surface area contributed by atoms with Gasteiger partial charge < -0.3 is 14.2 Å². The fraction of sp³-hybridized carbons (Fsp3) is 0.844. The van der Waals surface area contributed by atoms with Crippen molar-refractivity contribution >= 4 is 17.9 Å². The largest absolute Gasteiger partial charge is 0.462 e. The standard InChI is InChI=1S/C45H82O6/c1-4-7-10-13-16-19-21-22-23-24-25-27-29-32-35-38-44(47)50-41-42(40-49-43(46)37-34-31-28-18-15-12-9-6-3)51-45(48)39-36-33-30-26-20-17-14-11-8-5-2/h16,19,22-23,42H,4-15,17-18,20-21,24-41H2,1-3H3/b19-16-,23-22-. The smallest absolute Gasteiger partial charge is 0.306 e. The minimum atomic E-state index is -0.767. The van der Waals surface area contributed by atoms with Gasteiger partial charge in [0.2, 0.25) is 0 Å². The van der Waals surface area contributed by atoms with Gasteiger partial charge in [-0.1, -0.05) is 180 Å². The Morgan fingerprint density at radius 2 is 0.706 bits per heavy atom. The number of unbranched alkanes of at least 4 members (excludes halogenated alkanes) is 24. The van der Waals surface area contributed by atoms with Crippen LogP contribution >= 0.6 is 0 Å². The molecule has 0 amide bonds. The molecule has 0 fully saturated rings. The molecule has 0 heterocycles. The van der Waals surface area contributed by atoms with E-state index < -0.39 is 6.10 Å². The first-order valence-corrected chi connectivity index (χ1v) is 21.8. The number of rotatable bonds is 39. The van der Waals surface area contributed by atoms with Crippen LogP contribution in [0.4, 0.5) is 0 Å². The maximum atomic E-state index is 12.6. The maximum Gasteiger partial charge on any atom is 0.306 e. The van der Waals surface area contributed by atoms with Gasteiger partial charge in [0.25, 0.3) is 0 Å². The fourth-order valence-electron chi connectivity index (χ4n) is 6.12. The summed E-state index contributed by atoms with van der Waals surface area (Å²) in [6, 6.07) is 0. The second kappa shape index (κ2) is 40.7. The van der Waals surface area contributed by atoms with Crippen molar-refractivity contribution in [2.45, 2.75) is 232 Å². The van der Waals surface area contributed by atoms with Gasteiger partial charge in [0.15, 0.2) is 6.10 Å². The van der Waals surface area contributed by atoms with Crippen molar-refractivity contribution in [3.05, 3.63) is 24.3 Å². The highest BCUT2D eigenvalue weighted by atomic mass is 16.6. The van der Waals surface area contributed by atoms with Gasteiger partial charge in [0.1, 0.15) is 13.2 Å². The third kappa shape index (κ3) is 38.9. The van der Waals surface area contributed by atoms with Crippen molar-refractivity contribution < 1.29 is 28.6 Å². The van der Waals surface area contributed by atoms with E-state index in [4.69, 9.17) is 14.2 Å². The van der Waals surface area contributed by atoms with E-state index in [9.17, 15) is 14.4 Å². The number of esters is 3. The Morgan fingerprint density at radius 1 is 0.392 bits per heavy atom. The summed E-state index contributed by atoms with van der Waals surface area (Å²) in [6.45, 7) is 6.55. The molecule has 51 heavy (non-hydrogen) atoms. The number of carbonyl (C=O) groups excluding carboxylic acids is 3. The molecule has 0 bridgehead atoms. The molecule has 0 saturated carbocycles. The molecule has 6 nitrogen and oxygen atoms in total. The summed E-state index contributed by atoms with van der Waals surface area (Å²) >= 11 is 0. The first-order chi connectivity index (χ1) is 25.0. The lowest BCUT2D eigenvalue weighted by Gasteiger charge is -2.18. The van der Waals surface area contributed by atoms with E-state index >= 15 is 0 Å². The SMILES string of the molecule is CCCCC/C=C\C/C=C\CCCCCCCC(=O)OCC(COC(=O)CCCCCCCCCC)OC(=O)CCCCCCCCCCCC. The summed E-state index contributed by atoms with van der Waals surface area (Å²) in [5, 5.41) is 0. The normalized spacial score (nSPS) is 12.1. The molecule has 0 saturated heterocycles. The molecule has 1 unspecified atom stereocenters. The van der Waals surface area contributed by atoms with Crippen LogP contribution in [0.3, 0.4) is 0 Å². The molecular weight excluding hydrogens is 636 g/mol. The van der Waals surface area contributed by atoms with E-state index in [2.05, 4.69) is 45.1 Å². The zero-order chi connectivity index (χ0) is 37.3. The zero-order valence-corrected chi connectivity index (χ0v) is 33.9. The monoisotopic (exact) mass is 719 g/mol. The van der Waals surface area contributed by atoms with Crippen LogP contribution in [0, 0.1) is 0 Å². The molecule has 1 atom stereocenters. The molecule has 0 aliphatic carbocycles. The molecule has 298 valence electrons. The Labute approximate surface area is 315 Å². The molecule has 0 aliphatic heterocycles. The summed E-state index contributed by atoms with van der Waals surface area (Å²) in [5.74, 6) is -0.890. The fourth-order valence-corrected chi connectivity index (χ4v) is 6.12. The van der Waals surface area contributed by atoms with Crippen molar-refractivity contribution in [2.75, 3.05) is 13.2 Å². The van der Waals surface area contributed by atoms with Crippen LogP contribution in [0.15, 0.2) is 24.3 Å². The van der Waals surface area contributed by atoms with Crippen LogP contribution in [0.2, 0.25) is 0 Å². The number of carbonyl (C=O) groups is 3. The van der Waals surface area contributed by atoms with E-state index in [0.717, 1.165) is 77.0 Å². The quantitative estimate of drug-likeness (QED) is 0.0272. The lowest BCUT2D eigenvalue weighted by Crippen LogP contribution is -2.30. The first kappa shape index (κ1) is 48.9. The summed E-state index contributed by atoms with van der Waals surface area (Å²) in [6.07, 6.45) is 43.0. The Bertz CT molecular complexity index is 835. The topological polar surface area (TPSA) is 78.9 Å². The van der Waals surface area contributed by atoms with Crippen LogP contribution in [-0.4, -0.2) is 37.2 Å². The average Bonchev–Trinajstić information content (AvgIpc) is 3.12. The van der Waals surface area contributed by atoms with Gasteiger partial charge in [-0.2, -0.15) is 0 Å². The van der Waals surface area contributed by atoms with Gasteiger partial charge in [-0.05, 0) is 51.4 Å². The van der Waals surface area contributed by atoms with Crippen LogP contribution in [-0.2, 0) is 28.6 Å². The Kier molecular flexibility index (Phi) is 39.0. The summed E-state index contributed by atoms with van der Waals surface area (Å²) < 4.78 is 16.6. The van der Waals surface area contributed by atoms with E-state index in [1.807, 2.05) is 0 Å². The predicted molar refractivity (Wildman–Crippen MR) is 215 cm³/mol. The van der Waals surface area contributed by atoms with Gasteiger partial charge in [-0.15, -0.1) is 0 Å². The highest BCUT2D eigenvalue weighted by molar-refractivity contribution is 5.71. The van der Waals surface area contributed by atoms with Gasteiger partial charge in [-0.25, -0.2) is 0 Å². The van der Waals surface area contributed by atoms with E-state index in [1.54, 1.807) is 0 Å². The number of allylic oxidation sites excluding steroid dienone is 4. The third-order valence-corrected chi connectivity index (χ3v) is 9.46. The predicted octanol–water partition coefficient (Wildman–Crippen LogP) is 13.6. The number of ether oxygens (including phenoxy) is 3. The molecule has 0 aromatic heterocycles. The molecular formula is C45H82O6. The van der Waals surface area contributed by atoms with Gasteiger partial charge in [0.05, 0.1) is 0 Å². The molecule has 0 aromatic carbocycles. The second-order valence-electron chi connectivity index (χ2n) is 14.6. The van der Waals surface area contributed by atoms with Crippen molar-refractivity contribution in [3.8, 4) is 0 Å². The highest BCUT2D eigenvalue weighted by Crippen LogP contribution is 2.14. The third-order valence-electron chi connectivity index (χ3n) is 9.46. The molecule has 0 N–H and O–H groups in total. The minimum Gasteiger partial charge on any atom is -0.462 e. The second-order valence-corrected chi connectivity index (χ2v) is 14.6. The van der Waals surface area contributed by atoms with Crippen molar-refractivity contribution in [1.29, 1.82) is 0 Å². The number of hydrogen-bond donors (Lipinski definition) is 0. The van der Waals surface area contributed by atoms with Crippen LogP contribution in [0.25, 0.3) is 0 Å². The Hall–Kier alpha value is -2.11. The molecule has 0 radical (unpaired) electrons. The van der Waals surface area contributed by atoms with E-state index in [0.29, 0.717) is 19.3 Å². The minimum absolute atomic E-state index is 0.0728. The molecule has 0 aliphatic rings. The van der Waals surface area contributed by atoms with Crippen LogP contribution < -0.4 is 0 Å². The van der Waals surface area contributed by atoms with Crippen LogP contribution in [0.5, 0.6) is 0 Å². The van der Waals surface area contributed by atoms with Crippen molar-refractivity contribution in [2.24, 2.45) is 0 Å². The molecule has 0 rings (SSSR count). The Morgan fingerprint density at radius 3 is 1.12 bits per heavy atom. The van der Waals surface area contributed by atoms with Crippen LogP contribution in [0.1, 0.15) is 226 Å². The highest BCUT2D eigenvalue weighted by Gasteiger charge is 2.19. The zero-order valence-electron chi connectivity index (χ0n) is 33.9. The van der Waals surface area contributed by atoms with Gasteiger partial charge in [-0.3, -0.25) is 14.4 Å². The molecule has 0 aromatic rings. The summed E-state index contributed by atoms with van der Waals surface area (Å²) in [4.78, 5) is 37.5. The molecule has 6 heteroatoms. The summed E-state index contributed by atoms with van der Waals surface area (Å²) in [5.41, 5.74) is 0. The van der Waals surface area contributed by atoms with Crippen molar-refractivity contribution in [1.82, 2.24) is 0 Å². The average molecular weight is 719 g/mol. The maximum absolute atomic E-state index is 12.6. The lowest BCUT2D eigenvalue weighted by atomic mass is 10.1. The van der Waals surface area contributed by atoms with E-state index in [1.165, 1.54) is 109 Å². The number of hydrogen-bond acceptors (Lipinski definition) is 6. The first-order valence-electron chi connectivity index (χ1n) is 21.8. The van der Waals surface area contributed by atoms with Crippen molar-refractivity contribution in [3.63, 3.8) is 0 Å². The van der Waals surface area contributed by atoms with Gasteiger partial charge >= 0.3 is 17.9 Å². The lowest BCUT2D eigenvalue weighted by molar-refractivity contribution is -0.167.